The smallest absolute Gasteiger partial charge is 0.220 e. The molecule has 0 aliphatic heterocycles. The number of nitrogens with zero attached hydrogens (tertiary/aromatic N) is 1. The Morgan fingerprint density at radius 2 is 2.33 bits per heavy atom. The van der Waals surface area contributed by atoms with Crippen LogP contribution in [0, 0.1) is 13.8 Å². The third-order valence-corrected chi connectivity index (χ3v) is 2.23. The summed E-state index contributed by atoms with van der Waals surface area (Å²) in [5.41, 5.74) is 1.90. The second-order valence-corrected chi connectivity index (χ2v) is 3.40. The lowest BCUT2D eigenvalue weighted by molar-refractivity contribution is -0.120. The summed E-state index contributed by atoms with van der Waals surface area (Å²) in [6.45, 7) is 7.79. The van der Waals surface area contributed by atoms with E-state index in [1.54, 1.807) is 6.08 Å². The summed E-state index contributed by atoms with van der Waals surface area (Å²) in [5, 5.41) is 6.56. The Morgan fingerprint density at radius 3 is 2.87 bits per heavy atom. The summed E-state index contributed by atoms with van der Waals surface area (Å²) in [4.78, 5) is 11.3. The van der Waals surface area contributed by atoms with Crippen molar-refractivity contribution in [3.63, 3.8) is 0 Å². The van der Waals surface area contributed by atoms with Crippen LogP contribution in [0.25, 0.3) is 0 Å². The Balaban J connectivity index is 2.43. The maximum Gasteiger partial charge on any atom is 0.220 e. The molecule has 0 aliphatic carbocycles. The first-order chi connectivity index (χ1) is 7.15. The van der Waals surface area contributed by atoms with Gasteiger partial charge in [0.2, 0.25) is 5.91 Å². The fourth-order valence-electron chi connectivity index (χ4n) is 1.37. The molecule has 0 radical (unpaired) electrons. The summed E-state index contributed by atoms with van der Waals surface area (Å²) in [5.74, 6) is 0.818. The summed E-state index contributed by atoms with van der Waals surface area (Å²) >= 11 is 0. The van der Waals surface area contributed by atoms with Gasteiger partial charge >= 0.3 is 0 Å². The van der Waals surface area contributed by atoms with E-state index in [-0.39, 0.29) is 5.91 Å². The van der Waals surface area contributed by atoms with E-state index in [4.69, 9.17) is 4.52 Å². The van der Waals surface area contributed by atoms with E-state index in [1.165, 1.54) is 0 Å². The quantitative estimate of drug-likeness (QED) is 0.746. The zero-order valence-electron chi connectivity index (χ0n) is 9.17. The third kappa shape index (κ3) is 3.23. The van der Waals surface area contributed by atoms with Crippen molar-refractivity contribution in [2.75, 3.05) is 6.54 Å². The molecule has 1 aromatic heterocycles. The number of hydrogen-bond donors (Lipinski definition) is 1. The third-order valence-electron chi connectivity index (χ3n) is 2.23. The highest BCUT2D eigenvalue weighted by molar-refractivity contribution is 5.76. The Hall–Kier alpha value is -1.58. The van der Waals surface area contributed by atoms with Crippen molar-refractivity contribution in [3.8, 4) is 0 Å². The fourth-order valence-corrected chi connectivity index (χ4v) is 1.37. The largest absolute Gasteiger partial charge is 0.361 e. The van der Waals surface area contributed by atoms with E-state index in [0.29, 0.717) is 19.4 Å². The number of carbonyl (C=O) groups is 1. The molecule has 0 bridgehead atoms. The summed E-state index contributed by atoms with van der Waals surface area (Å²) in [6, 6.07) is 0. The zero-order chi connectivity index (χ0) is 11.3. The van der Waals surface area contributed by atoms with E-state index in [1.807, 2.05) is 13.8 Å². The van der Waals surface area contributed by atoms with Crippen LogP contribution in [0.1, 0.15) is 23.4 Å². The van der Waals surface area contributed by atoms with Crippen molar-refractivity contribution < 1.29 is 9.32 Å². The maximum atomic E-state index is 11.3. The first-order valence-electron chi connectivity index (χ1n) is 4.94. The zero-order valence-corrected chi connectivity index (χ0v) is 9.17. The van der Waals surface area contributed by atoms with Gasteiger partial charge in [-0.25, -0.2) is 0 Å². The van der Waals surface area contributed by atoms with Crippen LogP contribution in [0.15, 0.2) is 17.2 Å². The molecule has 1 aromatic rings. The Bertz CT molecular complexity index is 336. The van der Waals surface area contributed by atoms with Crippen molar-refractivity contribution in [1.29, 1.82) is 0 Å². The molecule has 0 spiro atoms. The molecule has 1 amide bonds. The molecule has 0 atom stereocenters. The SMILES string of the molecule is C=CCNC(=O)CCc1c(C)noc1C. The monoisotopic (exact) mass is 208 g/mol. The molecule has 0 aromatic carbocycles. The first kappa shape index (κ1) is 11.5. The molecule has 0 fully saturated rings. The number of nitrogens with one attached hydrogen (secondary N) is 1. The van der Waals surface area contributed by atoms with Crippen molar-refractivity contribution in [2.45, 2.75) is 26.7 Å². The Kier molecular flexibility index (Phi) is 4.09. The van der Waals surface area contributed by atoms with Gasteiger partial charge in [-0.05, 0) is 20.3 Å². The van der Waals surface area contributed by atoms with Gasteiger partial charge in [0.25, 0.3) is 0 Å². The number of amides is 1. The second-order valence-electron chi connectivity index (χ2n) is 3.40. The minimum absolute atomic E-state index is 0.0231. The summed E-state index contributed by atoms with van der Waals surface area (Å²) in [6.07, 6.45) is 2.79. The van der Waals surface area contributed by atoms with E-state index in [2.05, 4.69) is 17.1 Å². The number of carbonyl (C=O) groups excluding carboxylic acids is 1. The van der Waals surface area contributed by atoms with Crippen molar-refractivity contribution in [2.24, 2.45) is 0 Å². The van der Waals surface area contributed by atoms with Crippen molar-refractivity contribution in [3.05, 3.63) is 29.7 Å². The number of aryl methyl sites for hydroxylation is 2. The molecule has 1 N–H and O–H groups in total. The van der Waals surface area contributed by atoms with Crippen LogP contribution in [0.2, 0.25) is 0 Å². The van der Waals surface area contributed by atoms with Gasteiger partial charge in [-0.2, -0.15) is 0 Å². The van der Waals surface area contributed by atoms with E-state index < -0.39 is 0 Å². The number of aromatic nitrogens is 1. The topological polar surface area (TPSA) is 55.1 Å². The minimum Gasteiger partial charge on any atom is -0.361 e. The van der Waals surface area contributed by atoms with E-state index in [0.717, 1.165) is 17.0 Å². The van der Waals surface area contributed by atoms with Crippen LogP contribution in [-0.4, -0.2) is 17.6 Å². The molecule has 0 unspecified atom stereocenters. The van der Waals surface area contributed by atoms with Gasteiger partial charge in [0.15, 0.2) is 0 Å². The highest BCUT2D eigenvalue weighted by Gasteiger charge is 2.10. The van der Waals surface area contributed by atoms with Gasteiger partial charge in [0, 0.05) is 18.5 Å². The normalized spacial score (nSPS) is 10.0. The van der Waals surface area contributed by atoms with Crippen LogP contribution in [-0.2, 0) is 11.2 Å². The average molecular weight is 208 g/mol. The van der Waals surface area contributed by atoms with Gasteiger partial charge < -0.3 is 9.84 Å². The van der Waals surface area contributed by atoms with Gasteiger partial charge in [-0.1, -0.05) is 11.2 Å². The standard InChI is InChI=1S/C11H16N2O2/c1-4-7-12-11(14)6-5-10-8(2)13-15-9(10)3/h4H,1,5-7H2,2-3H3,(H,12,14). The second kappa shape index (κ2) is 5.34. The number of hydrogen-bond acceptors (Lipinski definition) is 3. The van der Waals surface area contributed by atoms with Crippen LogP contribution >= 0.6 is 0 Å². The first-order valence-corrected chi connectivity index (χ1v) is 4.94. The molecule has 1 heterocycles. The van der Waals surface area contributed by atoms with Crippen LogP contribution in [0.5, 0.6) is 0 Å². The lowest BCUT2D eigenvalue weighted by Gasteiger charge is -2.01. The molecular formula is C11H16N2O2. The molecular weight excluding hydrogens is 192 g/mol. The highest BCUT2D eigenvalue weighted by Crippen LogP contribution is 2.13. The molecule has 0 saturated carbocycles. The molecule has 15 heavy (non-hydrogen) atoms. The van der Waals surface area contributed by atoms with E-state index in [9.17, 15) is 4.79 Å². The fraction of sp³-hybridized carbons (Fsp3) is 0.455. The predicted molar refractivity (Wildman–Crippen MR) is 57.5 cm³/mol. The maximum absolute atomic E-state index is 11.3. The van der Waals surface area contributed by atoms with Gasteiger partial charge in [0.1, 0.15) is 5.76 Å². The van der Waals surface area contributed by atoms with Crippen LogP contribution < -0.4 is 5.32 Å². The molecule has 4 nitrogen and oxygen atoms in total. The van der Waals surface area contributed by atoms with Gasteiger partial charge in [-0.3, -0.25) is 4.79 Å². The molecule has 82 valence electrons. The van der Waals surface area contributed by atoms with Crippen molar-refractivity contribution in [1.82, 2.24) is 10.5 Å². The summed E-state index contributed by atoms with van der Waals surface area (Å²) in [7, 11) is 0. The minimum atomic E-state index is 0.0231. The van der Waals surface area contributed by atoms with Crippen molar-refractivity contribution >= 4 is 5.91 Å². The number of rotatable bonds is 5. The van der Waals surface area contributed by atoms with Crippen LogP contribution in [0.4, 0.5) is 0 Å². The Morgan fingerprint density at radius 1 is 1.60 bits per heavy atom. The Labute approximate surface area is 89.3 Å². The lowest BCUT2D eigenvalue weighted by atomic mass is 10.1. The highest BCUT2D eigenvalue weighted by atomic mass is 16.5. The lowest BCUT2D eigenvalue weighted by Crippen LogP contribution is -2.23. The summed E-state index contributed by atoms with van der Waals surface area (Å²) < 4.78 is 5.01. The molecule has 4 heteroatoms. The van der Waals surface area contributed by atoms with Gasteiger partial charge in [-0.15, -0.1) is 6.58 Å². The van der Waals surface area contributed by atoms with E-state index >= 15 is 0 Å². The molecule has 0 aliphatic rings. The average Bonchev–Trinajstić information content (AvgIpc) is 2.53. The predicted octanol–water partition coefficient (Wildman–Crippen LogP) is 1.53. The van der Waals surface area contributed by atoms with Crippen LogP contribution in [0.3, 0.4) is 0 Å². The molecule has 1 rings (SSSR count). The molecule has 0 saturated heterocycles. The van der Waals surface area contributed by atoms with Gasteiger partial charge in [0.05, 0.1) is 5.69 Å².